The molecule has 1 aliphatic rings. The van der Waals surface area contributed by atoms with Crippen molar-refractivity contribution < 1.29 is 9.21 Å². The number of fused-ring (bicyclic) bond motifs is 1. The first-order valence-electron chi connectivity index (χ1n) is 2.87. The predicted octanol–water partition coefficient (Wildman–Crippen LogP) is 0.963. The van der Waals surface area contributed by atoms with Gasteiger partial charge < -0.3 is 4.42 Å². The lowest BCUT2D eigenvalue weighted by atomic mass is 10.2. The molecule has 0 bridgehead atoms. The van der Waals surface area contributed by atoms with E-state index in [9.17, 15) is 4.79 Å². The quantitative estimate of drug-likeness (QED) is 0.533. The molecule has 0 unspecified atom stereocenters. The Morgan fingerprint density at radius 2 is 2.50 bits per heavy atom. The van der Waals surface area contributed by atoms with Crippen LogP contribution in [0, 0.1) is 0 Å². The highest BCUT2D eigenvalue weighted by molar-refractivity contribution is 6.07. The van der Waals surface area contributed by atoms with Crippen molar-refractivity contribution in [2.24, 2.45) is 4.99 Å². The van der Waals surface area contributed by atoms with Gasteiger partial charge in [-0.2, -0.15) is 4.98 Å². The number of carbonyl (C=O) groups excluding carboxylic acids is 1. The number of nitrogens with zero attached hydrogens (tertiary/aromatic N) is 2. The zero-order valence-corrected chi connectivity index (χ0v) is 5.07. The van der Waals surface area contributed by atoms with Crippen LogP contribution in [0.4, 0.5) is 5.82 Å². The molecule has 0 N–H and O–H groups in total. The third kappa shape index (κ3) is 0.586. The molecule has 4 nitrogen and oxygen atoms in total. The van der Waals surface area contributed by atoms with E-state index in [-0.39, 0.29) is 11.5 Å². The van der Waals surface area contributed by atoms with Gasteiger partial charge in [-0.3, -0.25) is 4.79 Å². The molecule has 0 saturated heterocycles. The van der Waals surface area contributed by atoms with E-state index in [1.165, 1.54) is 12.6 Å². The van der Waals surface area contributed by atoms with E-state index >= 15 is 0 Å². The monoisotopic (exact) mass is 136 g/mol. The fraction of sp³-hybridized carbons (Fsp3) is 0.167. The van der Waals surface area contributed by atoms with Crippen molar-refractivity contribution >= 4 is 17.8 Å². The molecule has 0 amide bonds. The van der Waals surface area contributed by atoms with E-state index in [4.69, 9.17) is 4.42 Å². The molecule has 0 saturated carbocycles. The first-order valence-corrected chi connectivity index (χ1v) is 2.87. The fourth-order valence-electron chi connectivity index (χ4n) is 0.830. The second kappa shape index (κ2) is 1.76. The molecule has 0 radical (unpaired) electrons. The maximum absolute atomic E-state index is 10.9. The molecule has 2 heterocycles. The van der Waals surface area contributed by atoms with Crippen molar-refractivity contribution in [3.8, 4) is 0 Å². The van der Waals surface area contributed by atoms with Gasteiger partial charge in [-0.15, -0.1) is 0 Å². The van der Waals surface area contributed by atoms with E-state index in [0.29, 0.717) is 12.2 Å². The van der Waals surface area contributed by atoms with Crippen molar-refractivity contribution in [1.29, 1.82) is 0 Å². The molecule has 0 spiro atoms. The second-order valence-corrected chi connectivity index (χ2v) is 1.94. The Balaban J connectivity index is 2.62. The van der Waals surface area contributed by atoms with Gasteiger partial charge in [-0.05, 0) is 0 Å². The third-order valence-corrected chi connectivity index (χ3v) is 1.29. The van der Waals surface area contributed by atoms with Crippen LogP contribution in [0.1, 0.15) is 17.0 Å². The molecule has 10 heavy (non-hydrogen) atoms. The van der Waals surface area contributed by atoms with Gasteiger partial charge in [-0.1, -0.05) is 0 Å². The van der Waals surface area contributed by atoms with Gasteiger partial charge in [0.25, 0.3) is 0 Å². The predicted molar refractivity (Wildman–Crippen MR) is 33.6 cm³/mol. The summed E-state index contributed by atoms with van der Waals surface area (Å²) in [6.45, 7) is 0. The van der Waals surface area contributed by atoms with E-state index < -0.39 is 0 Å². The number of aromatic nitrogens is 1. The van der Waals surface area contributed by atoms with Gasteiger partial charge in [0.1, 0.15) is 0 Å². The summed E-state index contributed by atoms with van der Waals surface area (Å²) in [6.07, 6.45) is 3.08. The summed E-state index contributed by atoms with van der Waals surface area (Å²) in [4.78, 5) is 18.5. The number of rotatable bonds is 0. The van der Waals surface area contributed by atoms with Gasteiger partial charge >= 0.3 is 0 Å². The summed E-state index contributed by atoms with van der Waals surface area (Å²) in [5.74, 6) is 0.626. The van der Waals surface area contributed by atoms with Crippen molar-refractivity contribution in [1.82, 2.24) is 4.98 Å². The normalized spacial score (nSPS) is 15.4. The minimum atomic E-state index is -0.0532. The van der Waals surface area contributed by atoms with Gasteiger partial charge in [0.2, 0.25) is 17.4 Å². The van der Waals surface area contributed by atoms with E-state index in [1.807, 2.05) is 0 Å². The molecule has 50 valence electrons. The van der Waals surface area contributed by atoms with Crippen LogP contribution in [0.5, 0.6) is 0 Å². The summed E-state index contributed by atoms with van der Waals surface area (Å²) < 4.78 is 4.79. The standard InChI is InChI=1S/C6H4N2O2/c9-4-1-2-7-6-5(4)10-3-8-6/h2-3H,1H2. The van der Waals surface area contributed by atoms with E-state index in [2.05, 4.69) is 9.98 Å². The largest absolute Gasteiger partial charge is 0.438 e. The molecule has 0 aromatic carbocycles. The van der Waals surface area contributed by atoms with Gasteiger partial charge in [0, 0.05) is 12.6 Å². The van der Waals surface area contributed by atoms with E-state index in [0.717, 1.165) is 0 Å². The van der Waals surface area contributed by atoms with Crippen LogP contribution in [-0.2, 0) is 0 Å². The summed E-state index contributed by atoms with van der Waals surface area (Å²) in [5, 5.41) is 0. The molecule has 1 aromatic heterocycles. The van der Waals surface area contributed by atoms with Crippen molar-refractivity contribution in [3.63, 3.8) is 0 Å². The molecule has 0 fully saturated rings. The highest BCUT2D eigenvalue weighted by atomic mass is 16.3. The lowest BCUT2D eigenvalue weighted by molar-refractivity contribution is 0.0974. The third-order valence-electron chi connectivity index (χ3n) is 1.29. The zero-order chi connectivity index (χ0) is 6.97. The summed E-state index contributed by atoms with van der Waals surface area (Å²) in [7, 11) is 0. The Morgan fingerprint density at radius 1 is 1.60 bits per heavy atom. The van der Waals surface area contributed by atoms with Gasteiger partial charge in [0.05, 0.1) is 0 Å². The first-order chi connectivity index (χ1) is 4.88. The van der Waals surface area contributed by atoms with Crippen molar-refractivity contribution in [2.45, 2.75) is 6.42 Å². The number of aliphatic imine (C=N–C) groups is 1. The number of hydrogen-bond acceptors (Lipinski definition) is 4. The molecule has 2 rings (SSSR count). The molecule has 0 atom stereocenters. The Morgan fingerprint density at radius 3 is 3.30 bits per heavy atom. The van der Waals surface area contributed by atoms with Crippen molar-refractivity contribution in [3.05, 3.63) is 12.2 Å². The molecule has 1 aromatic rings. The first kappa shape index (κ1) is 5.34. The fourth-order valence-corrected chi connectivity index (χ4v) is 0.830. The molecule has 1 aliphatic heterocycles. The minimum Gasteiger partial charge on any atom is -0.438 e. The highest BCUT2D eigenvalue weighted by Gasteiger charge is 2.18. The number of ketones is 1. The number of oxazole rings is 1. The Bertz CT molecular complexity index is 300. The highest BCUT2D eigenvalue weighted by Crippen LogP contribution is 2.20. The van der Waals surface area contributed by atoms with Gasteiger partial charge in [-0.25, -0.2) is 4.99 Å². The zero-order valence-electron chi connectivity index (χ0n) is 5.07. The van der Waals surface area contributed by atoms with E-state index in [1.54, 1.807) is 0 Å². The average Bonchev–Trinajstić information content (AvgIpc) is 2.36. The lowest BCUT2D eigenvalue weighted by Crippen LogP contribution is -2.01. The van der Waals surface area contributed by atoms with Crippen LogP contribution in [0.25, 0.3) is 0 Å². The number of Topliss-reactive ketones (excluding diaryl/α,β-unsaturated/α-hetero) is 1. The lowest BCUT2D eigenvalue weighted by Gasteiger charge is -1.96. The van der Waals surface area contributed by atoms with Crippen LogP contribution >= 0.6 is 0 Å². The average molecular weight is 136 g/mol. The molecular formula is C6H4N2O2. The summed E-state index contributed by atoms with van der Waals surface area (Å²) >= 11 is 0. The molecule has 4 heteroatoms. The van der Waals surface area contributed by atoms with Crippen LogP contribution in [0.15, 0.2) is 15.8 Å². The molecular weight excluding hydrogens is 132 g/mol. The summed E-state index contributed by atoms with van der Waals surface area (Å²) in [6, 6.07) is 0. The van der Waals surface area contributed by atoms with Crippen LogP contribution in [-0.4, -0.2) is 17.0 Å². The Hall–Kier alpha value is -1.45. The van der Waals surface area contributed by atoms with Crippen LogP contribution < -0.4 is 0 Å². The topological polar surface area (TPSA) is 55.5 Å². The van der Waals surface area contributed by atoms with Crippen molar-refractivity contribution in [2.75, 3.05) is 0 Å². The number of carbonyl (C=O) groups is 1. The molecule has 0 aliphatic carbocycles. The maximum atomic E-state index is 10.9. The van der Waals surface area contributed by atoms with Gasteiger partial charge in [0.15, 0.2) is 6.39 Å². The second-order valence-electron chi connectivity index (χ2n) is 1.94. The summed E-state index contributed by atoms with van der Waals surface area (Å²) in [5.41, 5.74) is 0. The minimum absolute atomic E-state index is 0.0532. The number of hydrogen-bond donors (Lipinski definition) is 0. The Kier molecular flexibility index (Phi) is 0.943. The van der Waals surface area contributed by atoms with Crippen LogP contribution in [0.3, 0.4) is 0 Å². The SMILES string of the molecule is O=C1CC=Nc2ncoc21. The van der Waals surface area contributed by atoms with Crippen LogP contribution in [0.2, 0.25) is 0 Å². The maximum Gasteiger partial charge on any atom is 0.216 e. The smallest absolute Gasteiger partial charge is 0.216 e. The Labute approximate surface area is 56.6 Å².